The normalized spacial score (nSPS) is 21.2. The summed E-state index contributed by atoms with van der Waals surface area (Å²) in [7, 11) is 1.87. The summed E-state index contributed by atoms with van der Waals surface area (Å²) < 4.78 is 39.0. The number of nitrogens with one attached hydrogen (secondary N) is 1. The van der Waals surface area contributed by atoms with Gasteiger partial charge < -0.3 is 10.2 Å². The molecule has 0 unspecified atom stereocenters. The molecule has 1 fully saturated rings. The minimum atomic E-state index is -4.31. The van der Waals surface area contributed by atoms with E-state index in [2.05, 4.69) is 5.32 Å². The van der Waals surface area contributed by atoms with E-state index in [4.69, 9.17) is 0 Å². The number of halogens is 3. The topological polar surface area (TPSA) is 15.3 Å². The molecule has 1 aromatic rings. The van der Waals surface area contributed by atoms with Crippen molar-refractivity contribution in [2.75, 3.05) is 30.4 Å². The fraction of sp³-hybridized carbons (Fsp3) is 0.538. The number of anilines is 2. The number of hydrogen-bond acceptors (Lipinski definition) is 2. The van der Waals surface area contributed by atoms with Crippen molar-refractivity contribution in [2.24, 2.45) is 5.41 Å². The summed E-state index contributed by atoms with van der Waals surface area (Å²) in [4.78, 5) is 1.94. The summed E-state index contributed by atoms with van der Waals surface area (Å²) in [5, 5.41) is 3.02. The second-order valence-electron chi connectivity index (χ2n) is 5.41. The zero-order chi connectivity index (χ0) is 13.0. The van der Waals surface area contributed by atoms with Gasteiger partial charge >= 0.3 is 6.18 Å². The maximum atomic E-state index is 13.0. The standard InChI is InChI=1S/C13H15F3N2/c1-18-8-12(5-6-12)7-17-11-9(13(14,15)16)3-2-4-10(11)18/h2-4,17H,5-8H2,1H3. The van der Waals surface area contributed by atoms with Gasteiger partial charge in [-0.3, -0.25) is 0 Å². The van der Waals surface area contributed by atoms with Crippen LogP contribution in [0.15, 0.2) is 18.2 Å². The van der Waals surface area contributed by atoms with Gasteiger partial charge in [0.05, 0.1) is 16.9 Å². The maximum Gasteiger partial charge on any atom is 0.418 e. The van der Waals surface area contributed by atoms with Crippen molar-refractivity contribution >= 4 is 11.4 Å². The monoisotopic (exact) mass is 256 g/mol. The Morgan fingerprint density at radius 2 is 2.00 bits per heavy atom. The molecule has 0 saturated heterocycles. The predicted octanol–water partition coefficient (Wildman–Crippen LogP) is 3.35. The van der Waals surface area contributed by atoms with E-state index in [0.717, 1.165) is 25.5 Å². The van der Waals surface area contributed by atoms with E-state index in [0.29, 0.717) is 12.2 Å². The first kappa shape index (κ1) is 11.7. The molecule has 1 aliphatic heterocycles. The predicted molar refractivity (Wildman–Crippen MR) is 64.9 cm³/mol. The summed E-state index contributed by atoms with van der Waals surface area (Å²) in [5.74, 6) is 0. The number of alkyl halides is 3. The molecule has 0 atom stereocenters. The van der Waals surface area contributed by atoms with Crippen LogP contribution in [0, 0.1) is 5.41 Å². The minimum Gasteiger partial charge on any atom is -0.382 e. The average molecular weight is 256 g/mol. The lowest BCUT2D eigenvalue weighted by molar-refractivity contribution is -0.136. The molecule has 1 aromatic carbocycles. The van der Waals surface area contributed by atoms with Gasteiger partial charge in [-0.25, -0.2) is 0 Å². The molecule has 98 valence electrons. The Morgan fingerprint density at radius 1 is 1.28 bits per heavy atom. The fourth-order valence-corrected chi connectivity index (χ4v) is 2.71. The molecule has 2 nitrogen and oxygen atoms in total. The molecule has 0 bridgehead atoms. The van der Waals surface area contributed by atoms with Crippen molar-refractivity contribution < 1.29 is 13.2 Å². The Balaban J connectivity index is 2.06. The van der Waals surface area contributed by atoms with Crippen molar-refractivity contribution in [3.63, 3.8) is 0 Å². The molecule has 5 heteroatoms. The third kappa shape index (κ3) is 1.82. The molecule has 1 heterocycles. The van der Waals surface area contributed by atoms with Gasteiger partial charge in [0.25, 0.3) is 0 Å². The van der Waals surface area contributed by atoms with Crippen LogP contribution in [0.25, 0.3) is 0 Å². The van der Waals surface area contributed by atoms with Crippen molar-refractivity contribution in [3.8, 4) is 0 Å². The Hall–Kier alpha value is -1.39. The summed E-state index contributed by atoms with van der Waals surface area (Å²) >= 11 is 0. The Bertz CT molecular complexity index is 478. The van der Waals surface area contributed by atoms with Gasteiger partial charge in [-0.15, -0.1) is 0 Å². The van der Waals surface area contributed by atoms with Gasteiger partial charge in [0.15, 0.2) is 0 Å². The van der Waals surface area contributed by atoms with E-state index in [1.165, 1.54) is 6.07 Å². The van der Waals surface area contributed by atoms with E-state index in [-0.39, 0.29) is 11.1 Å². The molecule has 0 amide bonds. The van der Waals surface area contributed by atoms with Crippen LogP contribution < -0.4 is 10.2 Å². The highest BCUT2D eigenvalue weighted by atomic mass is 19.4. The third-order valence-electron chi connectivity index (χ3n) is 3.93. The zero-order valence-electron chi connectivity index (χ0n) is 10.1. The average Bonchev–Trinajstić information content (AvgIpc) is 3.06. The van der Waals surface area contributed by atoms with E-state index >= 15 is 0 Å². The Morgan fingerprint density at radius 3 is 2.61 bits per heavy atom. The molecule has 1 N–H and O–H groups in total. The van der Waals surface area contributed by atoms with Crippen LogP contribution in [-0.2, 0) is 6.18 Å². The molecule has 18 heavy (non-hydrogen) atoms. The molecule has 1 spiro atoms. The SMILES string of the molecule is CN1CC2(CC2)CNc2c1cccc2C(F)(F)F. The number of fused-ring (bicyclic) bond motifs is 1. The minimum absolute atomic E-state index is 0.177. The Kier molecular flexibility index (Phi) is 2.31. The van der Waals surface area contributed by atoms with Crippen LogP contribution in [0.3, 0.4) is 0 Å². The lowest BCUT2D eigenvalue weighted by Crippen LogP contribution is -2.27. The quantitative estimate of drug-likeness (QED) is 0.765. The van der Waals surface area contributed by atoms with E-state index in [1.54, 1.807) is 6.07 Å². The van der Waals surface area contributed by atoms with Crippen LogP contribution >= 0.6 is 0 Å². The molecule has 3 rings (SSSR count). The second kappa shape index (κ2) is 3.56. The van der Waals surface area contributed by atoms with Crippen molar-refractivity contribution in [1.82, 2.24) is 0 Å². The molecular weight excluding hydrogens is 241 g/mol. The summed E-state index contributed by atoms with van der Waals surface area (Å²) in [5.41, 5.74) is 0.492. The van der Waals surface area contributed by atoms with Crippen molar-refractivity contribution in [1.29, 1.82) is 0 Å². The number of para-hydroxylation sites is 1. The number of hydrogen-bond donors (Lipinski definition) is 1. The van der Waals surface area contributed by atoms with Gasteiger partial charge in [-0.2, -0.15) is 13.2 Å². The summed E-state index contributed by atoms with van der Waals surface area (Å²) in [6, 6.07) is 4.37. The van der Waals surface area contributed by atoms with Gasteiger partial charge in [-0.05, 0) is 25.0 Å². The highest BCUT2D eigenvalue weighted by molar-refractivity contribution is 5.75. The second-order valence-corrected chi connectivity index (χ2v) is 5.41. The molecule has 2 aliphatic rings. The largest absolute Gasteiger partial charge is 0.418 e. The van der Waals surface area contributed by atoms with Gasteiger partial charge in [0.2, 0.25) is 0 Å². The number of benzene rings is 1. The molecule has 0 aromatic heterocycles. The molecule has 0 radical (unpaired) electrons. The van der Waals surface area contributed by atoms with Crippen LogP contribution in [0.2, 0.25) is 0 Å². The lowest BCUT2D eigenvalue weighted by atomic mass is 10.1. The summed E-state index contributed by atoms with van der Waals surface area (Å²) in [6.45, 7) is 1.46. The smallest absolute Gasteiger partial charge is 0.382 e. The van der Waals surface area contributed by atoms with E-state index in [9.17, 15) is 13.2 Å². The van der Waals surface area contributed by atoms with Gasteiger partial charge in [-0.1, -0.05) is 6.07 Å². The molecular formula is C13H15F3N2. The Labute approximate surface area is 104 Å². The van der Waals surface area contributed by atoms with Crippen LogP contribution in [-0.4, -0.2) is 20.1 Å². The first-order valence-electron chi connectivity index (χ1n) is 6.07. The molecule has 1 saturated carbocycles. The van der Waals surface area contributed by atoms with Crippen molar-refractivity contribution in [3.05, 3.63) is 23.8 Å². The van der Waals surface area contributed by atoms with Crippen LogP contribution in [0.4, 0.5) is 24.5 Å². The van der Waals surface area contributed by atoms with E-state index in [1.807, 2.05) is 11.9 Å². The first-order valence-corrected chi connectivity index (χ1v) is 6.07. The van der Waals surface area contributed by atoms with Gasteiger partial charge in [0.1, 0.15) is 0 Å². The number of nitrogens with zero attached hydrogens (tertiary/aromatic N) is 1. The lowest BCUT2D eigenvalue weighted by Gasteiger charge is -2.23. The van der Waals surface area contributed by atoms with Crippen molar-refractivity contribution in [2.45, 2.75) is 19.0 Å². The maximum absolute atomic E-state index is 13.0. The van der Waals surface area contributed by atoms with Crippen LogP contribution in [0.5, 0.6) is 0 Å². The highest BCUT2D eigenvalue weighted by Crippen LogP contribution is 2.50. The fourth-order valence-electron chi connectivity index (χ4n) is 2.71. The third-order valence-corrected chi connectivity index (χ3v) is 3.93. The highest BCUT2D eigenvalue weighted by Gasteiger charge is 2.46. The van der Waals surface area contributed by atoms with Gasteiger partial charge in [0, 0.05) is 25.6 Å². The van der Waals surface area contributed by atoms with E-state index < -0.39 is 11.7 Å². The van der Waals surface area contributed by atoms with Crippen LogP contribution in [0.1, 0.15) is 18.4 Å². The number of rotatable bonds is 0. The summed E-state index contributed by atoms with van der Waals surface area (Å²) in [6.07, 6.45) is -2.11. The zero-order valence-corrected chi connectivity index (χ0v) is 10.1. The first-order chi connectivity index (χ1) is 8.41. The molecule has 1 aliphatic carbocycles.